The van der Waals surface area contributed by atoms with Crippen LogP contribution in [0.25, 0.3) is 10.9 Å². The first-order valence-electron chi connectivity index (χ1n) is 12.7. The summed E-state index contributed by atoms with van der Waals surface area (Å²) in [6.07, 6.45) is 0.394. The summed E-state index contributed by atoms with van der Waals surface area (Å²) in [6.45, 7) is 2.69. The Labute approximate surface area is 220 Å². The van der Waals surface area contributed by atoms with Gasteiger partial charge in [0.1, 0.15) is 12.1 Å². The van der Waals surface area contributed by atoms with Crippen molar-refractivity contribution in [3.8, 4) is 0 Å². The summed E-state index contributed by atoms with van der Waals surface area (Å²) in [5.74, 6) is -0.698. The number of nitrogens with one attached hydrogen (secondary N) is 2. The number of anilines is 1. The number of fused-ring (bicyclic) bond motifs is 4. The zero-order valence-corrected chi connectivity index (χ0v) is 21.2. The fourth-order valence-corrected chi connectivity index (χ4v) is 5.74. The lowest BCUT2D eigenvalue weighted by Crippen LogP contribution is -2.44. The van der Waals surface area contributed by atoms with Gasteiger partial charge in [-0.15, -0.1) is 0 Å². The number of imide groups is 1. The number of methoxy groups -OCH3 is 1. The minimum Gasteiger partial charge on any atom is -0.383 e. The van der Waals surface area contributed by atoms with Gasteiger partial charge in [-0.1, -0.05) is 54.6 Å². The van der Waals surface area contributed by atoms with E-state index in [0.717, 1.165) is 33.3 Å². The van der Waals surface area contributed by atoms with Crippen LogP contribution >= 0.6 is 0 Å². The van der Waals surface area contributed by atoms with Crippen LogP contribution in [0.2, 0.25) is 0 Å². The lowest BCUT2D eigenvalue weighted by molar-refractivity contribution is -0.120. The van der Waals surface area contributed by atoms with Crippen LogP contribution in [0.5, 0.6) is 0 Å². The summed E-state index contributed by atoms with van der Waals surface area (Å²) in [5.41, 5.74) is 5.48. The maximum Gasteiger partial charge on any atom is 0.332 e. The molecule has 1 saturated heterocycles. The minimum atomic E-state index is -0.691. The highest BCUT2D eigenvalue weighted by Crippen LogP contribution is 2.45. The first-order valence-corrected chi connectivity index (χ1v) is 12.7. The van der Waals surface area contributed by atoms with Gasteiger partial charge >= 0.3 is 6.03 Å². The van der Waals surface area contributed by atoms with Crippen molar-refractivity contribution < 1.29 is 19.1 Å². The molecule has 1 fully saturated rings. The van der Waals surface area contributed by atoms with Gasteiger partial charge in [0.15, 0.2) is 0 Å². The molecule has 2 atom stereocenters. The van der Waals surface area contributed by atoms with Crippen molar-refractivity contribution >= 4 is 34.4 Å². The molecule has 4 amide bonds. The third-order valence-corrected chi connectivity index (χ3v) is 7.51. The van der Waals surface area contributed by atoms with E-state index in [-0.39, 0.29) is 23.1 Å². The van der Waals surface area contributed by atoms with Gasteiger partial charge in [-0.3, -0.25) is 14.5 Å². The number of aromatic amines is 1. The second-order valence-electron chi connectivity index (χ2n) is 9.67. The van der Waals surface area contributed by atoms with Gasteiger partial charge in [-0.05, 0) is 41.8 Å². The fraction of sp³-hybridized carbons (Fsp3) is 0.233. The van der Waals surface area contributed by atoms with Gasteiger partial charge in [0.2, 0.25) is 0 Å². The highest BCUT2D eigenvalue weighted by Gasteiger charge is 2.53. The molecule has 8 heteroatoms. The number of para-hydroxylation sites is 2. The predicted molar refractivity (Wildman–Crippen MR) is 144 cm³/mol. The molecule has 2 unspecified atom stereocenters. The van der Waals surface area contributed by atoms with E-state index in [2.05, 4.69) is 10.3 Å². The molecular formula is C30H28N4O4. The van der Waals surface area contributed by atoms with Crippen LogP contribution in [0.1, 0.15) is 38.8 Å². The Morgan fingerprint density at radius 2 is 1.76 bits per heavy atom. The summed E-state index contributed by atoms with van der Waals surface area (Å²) in [6, 6.07) is 21.1. The molecule has 3 heterocycles. The summed E-state index contributed by atoms with van der Waals surface area (Å²) in [5, 5.41) is 3.85. The number of amides is 4. The summed E-state index contributed by atoms with van der Waals surface area (Å²) >= 11 is 0. The van der Waals surface area contributed by atoms with Crippen LogP contribution in [0.15, 0.2) is 72.8 Å². The van der Waals surface area contributed by atoms with E-state index in [1.165, 1.54) is 4.90 Å². The largest absolute Gasteiger partial charge is 0.383 e. The Bertz CT molecular complexity index is 1580. The summed E-state index contributed by atoms with van der Waals surface area (Å²) in [4.78, 5) is 47.6. The SMILES string of the molecule is COCCNC(=O)c1ccccc1N1C(=O)C2Cc3c([nH]c4ccccc34)C(c3ccccc3C)N2C1=O. The highest BCUT2D eigenvalue weighted by molar-refractivity contribution is 6.24. The standard InChI is InChI=1S/C30H28N4O4/c1-18-9-3-4-10-19(18)27-26-22(20-11-5-7-13-23(20)32-26)17-25-29(36)34(30(37)33(25)27)24-14-8-6-12-21(24)28(35)31-15-16-38-2/h3-14,25,27,32H,15-17H2,1-2H3,(H,31,35). The van der Waals surface area contributed by atoms with Crippen molar-refractivity contribution in [2.75, 3.05) is 25.2 Å². The number of rotatable bonds is 6. The van der Waals surface area contributed by atoms with Gasteiger partial charge in [-0.25, -0.2) is 9.69 Å². The predicted octanol–water partition coefficient (Wildman–Crippen LogP) is 4.34. The second kappa shape index (κ2) is 9.46. The Morgan fingerprint density at radius 3 is 2.58 bits per heavy atom. The van der Waals surface area contributed by atoms with Crippen LogP contribution in [-0.4, -0.2) is 54.0 Å². The van der Waals surface area contributed by atoms with Crippen LogP contribution in [-0.2, 0) is 16.0 Å². The van der Waals surface area contributed by atoms with Gasteiger partial charge in [0.05, 0.1) is 17.9 Å². The zero-order chi connectivity index (χ0) is 26.4. The molecule has 0 radical (unpaired) electrons. The Hall–Kier alpha value is -4.43. The van der Waals surface area contributed by atoms with Crippen LogP contribution in [0.4, 0.5) is 10.5 Å². The summed E-state index contributed by atoms with van der Waals surface area (Å²) in [7, 11) is 1.56. The van der Waals surface area contributed by atoms with Crippen LogP contribution in [0.3, 0.4) is 0 Å². The molecule has 3 aromatic carbocycles. The molecular weight excluding hydrogens is 480 g/mol. The van der Waals surface area contributed by atoms with Crippen molar-refractivity contribution in [2.24, 2.45) is 0 Å². The van der Waals surface area contributed by atoms with Crippen molar-refractivity contribution in [2.45, 2.75) is 25.4 Å². The number of ether oxygens (including phenoxy) is 1. The van der Waals surface area contributed by atoms with E-state index >= 15 is 0 Å². The smallest absolute Gasteiger partial charge is 0.332 e. The van der Waals surface area contributed by atoms with E-state index in [1.54, 1.807) is 36.3 Å². The first-order chi connectivity index (χ1) is 18.5. The number of hydrogen-bond acceptors (Lipinski definition) is 4. The lowest BCUT2D eigenvalue weighted by Gasteiger charge is -2.36. The van der Waals surface area contributed by atoms with Crippen LogP contribution in [0, 0.1) is 6.92 Å². The van der Waals surface area contributed by atoms with E-state index in [9.17, 15) is 14.4 Å². The van der Waals surface area contributed by atoms with Gasteiger partial charge in [-0.2, -0.15) is 0 Å². The molecule has 4 aromatic rings. The van der Waals surface area contributed by atoms with Crippen molar-refractivity contribution in [3.63, 3.8) is 0 Å². The average Bonchev–Trinajstić information content (AvgIpc) is 3.42. The molecule has 0 bridgehead atoms. The molecule has 2 N–H and O–H groups in total. The highest BCUT2D eigenvalue weighted by atomic mass is 16.5. The van der Waals surface area contributed by atoms with E-state index < -0.39 is 18.1 Å². The number of carbonyl (C=O) groups is 3. The third-order valence-electron chi connectivity index (χ3n) is 7.51. The zero-order valence-electron chi connectivity index (χ0n) is 21.2. The van der Waals surface area contributed by atoms with E-state index in [4.69, 9.17) is 4.74 Å². The van der Waals surface area contributed by atoms with Crippen LogP contribution < -0.4 is 10.2 Å². The monoisotopic (exact) mass is 508 g/mol. The Balaban J connectivity index is 1.47. The Morgan fingerprint density at radius 1 is 1.03 bits per heavy atom. The number of hydrogen-bond donors (Lipinski definition) is 2. The number of carbonyl (C=O) groups excluding carboxylic acids is 3. The van der Waals surface area contributed by atoms with Crippen molar-refractivity contribution in [3.05, 3.63) is 101 Å². The molecule has 2 aliphatic heterocycles. The first kappa shape index (κ1) is 23.9. The number of aryl methyl sites for hydroxylation is 1. The molecule has 8 nitrogen and oxygen atoms in total. The molecule has 6 rings (SSSR count). The number of benzene rings is 3. The van der Waals surface area contributed by atoms with Gasteiger partial charge in [0.25, 0.3) is 11.8 Å². The van der Waals surface area contributed by atoms with E-state index in [1.807, 2.05) is 55.5 Å². The molecule has 2 aliphatic rings. The Kier molecular flexibility index (Phi) is 5.96. The average molecular weight is 509 g/mol. The fourth-order valence-electron chi connectivity index (χ4n) is 5.74. The van der Waals surface area contributed by atoms with Gasteiger partial charge in [0, 0.05) is 36.7 Å². The van der Waals surface area contributed by atoms with Gasteiger partial charge < -0.3 is 15.0 Å². The number of aromatic nitrogens is 1. The topological polar surface area (TPSA) is 94.7 Å². The van der Waals surface area contributed by atoms with Crippen molar-refractivity contribution in [1.82, 2.24) is 15.2 Å². The number of urea groups is 1. The number of nitrogens with zero attached hydrogens (tertiary/aromatic N) is 2. The normalized spacial score (nSPS) is 18.6. The molecule has 38 heavy (non-hydrogen) atoms. The maximum atomic E-state index is 14.2. The summed E-state index contributed by atoms with van der Waals surface area (Å²) < 4.78 is 5.03. The van der Waals surface area contributed by atoms with E-state index in [0.29, 0.717) is 19.6 Å². The third kappa shape index (κ3) is 3.68. The lowest BCUT2D eigenvalue weighted by atomic mass is 9.87. The molecule has 1 aromatic heterocycles. The maximum absolute atomic E-state index is 14.2. The molecule has 192 valence electrons. The van der Waals surface area contributed by atoms with Crippen molar-refractivity contribution in [1.29, 1.82) is 0 Å². The number of H-pyrrole nitrogens is 1. The quantitative estimate of drug-likeness (QED) is 0.299. The molecule has 0 aliphatic carbocycles. The molecule has 0 spiro atoms. The second-order valence-corrected chi connectivity index (χ2v) is 9.67. The molecule has 0 saturated carbocycles. The minimum absolute atomic E-state index is 0.265.